The molecule has 3 aromatic rings. The van der Waals surface area contributed by atoms with E-state index < -0.39 is 23.5 Å². The predicted molar refractivity (Wildman–Crippen MR) is 129 cm³/mol. The summed E-state index contributed by atoms with van der Waals surface area (Å²) < 4.78 is 5.54. The lowest BCUT2D eigenvalue weighted by Gasteiger charge is -2.25. The standard InChI is InChI=1S/C27H26N2O5/c1-16-14-17(12-13-18(16)24(30)31)28-25(32)27(2,3)29-26(33)34-15-23-21-10-6-4-8-19(21)20-9-5-7-11-22(20)23/h4-14,23H,15H2,1-3H3,(H,28,32)(H,29,33)(H,30,31). The number of rotatable bonds is 6. The Morgan fingerprint density at radius 3 is 2.09 bits per heavy atom. The number of hydrogen-bond donors (Lipinski definition) is 3. The summed E-state index contributed by atoms with van der Waals surface area (Å²) in [5, 5.41) is 14.5. The molecule has 0 radical (unpaired) electrons. The lowest BCUT2D eigenvalue weighted by Crippen LogP contribution is -2.52. The topological polar surface area (TPSA) is 105 Å². The summed E-state index contributed by atoms with van der Waals surface area (Å²) in [6, 6.07) is 20.6. The Balaban J connectivity index is 1.39. The van der Waals surface area contributed by atoms with Crippen molar-refractivity contribution in [1.82, 2.24) is 5.32 Å². The third-order valence-corrected chi connectivity index (χ3v) is 6.04. The number of carboxylic acids is 1. The van der Waals surface area contributed by atoms with Crippen LogP contribution < -0.4 is 10.6 Å². The molecule has 174 valence electrons. The van der Waals surface area contributed by atoms with Crippen molar-refractivity contribution in [3.63, 3.8) is 0 Å². The van der Waals surface area contributed by atoms with E-state index in [0.29, 0.717) is 11.3 Å². The highest BCUT2D eigenvalue weighted by Gasteiger charge is 2.32. The summed E-state index contributed by atoms with van der Waals surface area (Å²) >= 11 is 0. The van der Waals surface area contributed by atoms with Crippen LogP contribution in [0.25, 0.3) is 11.1 Å². The summed E-state index contributed by atoms with van der Waals surface area (Å²) in [4.78, 5) is 36.6. The first-order chi connectivity index (χ1) is 16.2. The zero-order valence-corrected chi connectivity index (χ0v) is 19.2. The number of ether oxygens (including phenoxy) is 1. The zero-order valence-electron chi connectivity index (χ0n) is 19.2. The summed E-state index contributed by atoms with van der Waals surface area (Å²) in [6.07, 6.45) is -0.695. The van der Waals surface area contributed by atoms with Gasteiger partial charge >= 0.3 is 12.1 Å². The molecule has 1 aliphatic rings. The van der Waals surface area contributed by atoms with Gasteiger partial charge in [-0.05, 0) is 66.8 Å². The van der Waals surface area contributed by atoms with Crippen molar-refractivity contribution in [2.75, 3.05) is 11.9 Å². The van der Waals surface area contributed by atoms with Crippen molar-refractivity contribution in [2.45, 2.75) is 32.2 Å². The first kappa shape index (κ1) is 23.0. The van der Waals surface area contributed by atoms with Gasteiger partial charge in [-0.15, -0.1) is 0 Å². The highest BCUT2D eigenvalue weighted by molar-refractivity contribution is 6.00. The van der Waals surface area contributed by atoms with Crippen molar-refractivity contribution >= 4 is 23.7 Å². The molecule has 2 amide bonds. The highest BCUT2D eigenvalue weighted by atomic mass is 16.5. The number of carbonyl (C=O) groups is 3. The average Bonchev–Trinajstić information content (AvgIpc) is 3.11. The molecule has 4 rings (SSSR count). The molecule has 34 heavy (non-hydrogen) atoms. The van der Waals surface area contributed by atoms with Crippen LogP contribution in [-0.2, 0) is 9.53 Å². The number of carboxylic acid groups (broad SMARTS) is 1. The first-order valence-electron chi connectivity index (χ1n) is 11.0. The van der Waals surface area contributed by atoms with Gasteiger partial charge < -0.3 is 20.5 Å². The van der Waals surface area contributed by atoms with Gasteiger partial charge in [-0.3, -0.25) is 4.79 Å². The van der Waals surface area contributed by atoms with Crippen LogP contribution >= 0.6 is 0 Å². The molecule has 0 saturated carbocycles. The molecule has 1 aliphatic carbocycles. The van der Waals surface area contributed by atoms with E-state index in [-0.39, 0.29) is 18.1 Å². The number of anilines is 1. The van der Waals surface area contributed by atoms with Crippen LogP contribution in [0.2, 0.25) is 0 Å². The minimum Gasteiger partial charge on any atom is -0.478 e. The van der Waals surface area contributed by atoms with E-state index in [0.717, 1.165) is 22.3 Å². The van der Waals surface area contributed by atoms with Gasteiger partial charge in [0.2, 0.25) is 5.91 Å². The molecule has 7 nitrogen and oxygen atoms in total. The number of fused-ring (bicyclic) bond motifs is 3. The molecule has 3 N–H and O–H groups in total. The fourth-order valence-electron chi connectivity index (χ4n) is 4.22. The van der Waals surface area contributed by atoms with Crippen molar-refractivity contribution < 1.29 is 24.2 Å². The number of hydrogen-bond acceptors (Lipinski definition) is 4. The van der Waals surface area contributed by atoms with Crippen LogP contribution in [0, 0.1) is 6.92 Å². The van der Waals surface area contributed by atoms with E-state index in [9.17, 15) is 14.4 Å². The molecule has 0 bridgehead atoms. The van der Waals surface area contributed by atoms with Crippen molar-refractivity contribution in [3.05, 3.63) is 89.0 Å². The molecule has 0 spiro atoms. The van der Waals surface area contributed by atoms with Crippen LogP contribution in [0.1, 0.15) is 46.8 Å². The summed E-state index contributed by atoms with van der Waals surface area (Å²) in [5.41, 5.74) is 4.34. The second-order valence-electron chi connectivity index (χ2n) is 8.86. The Hall–Kier alpha value is -4.13. The van der Waals surface area contributed by atoms with Gasteiger partial charge in [0, 0.05) is 11.6 Å². The van der Waals surface area contributed by atoms with E-state index >= 15 is 0 Å². The van der Waals surface area contributed by atoms with Gasteiger partial charge in [-0.1, -0.05) is 48.5 Å². The Morgan fingerprint density at radius 1 is 0.941 bits per heavy atom. The lowest BCUT2D eigenvalue weighted by atomic mass is 9.98. The SMILES string of the molecule is Cc1cc(NC(=O)C(C)(C)NC(=O)OCC2c3ccccc3-c3ccccc32)ccc1C(=O)O. The number of benzene rings is 3. The molecule has 0 saturated heterocycles. The van der Waals surface area contributed by atoms with Crippen molar-refractivity contribution in [2.24, 2.45) is 0 Å². The van der Waals surface area contributed by atoms with Gasteiger partial charge in [0.25, 0.3) is 0 Å². The second kappa shape index (κ2) is 9.02. The Kier molecular flexibility index (Phi) is 6.11. The van der Waals surface area contributed by atoms with E-state index in [4.69, 9.17) is 9.84 Å². The summed E-state index contributed by atoms with van der Waals surface area (Å²) in [6.45, 7) is 4.94. The highest BCUT2D eigenvalue weighted by Crippen LogP contribution is 2.44. The van der Waals surface area contributed by atoms with Gasteiger partial charge in [-0.2, -0.15) is 0 Å². The Bertz CT molecular complexity index is 1240. The smallest absolute Gasteiger partial charge is 0.408 e. The fraction of sp³-hybridized carbons (Fsp3) is 0.222. The number of aromatic carboxylic acids is 1. The molecule has 0 aromatic heterocycles. The van der Waals surface area contributed by atoms with E-state index in [1.807, 2.05) is 36.4 Å². The van der Waals surface area contributed by atoms with Crippen molar-refractivity contribution in [1.29, 1.82) is 0 Å². The second-order valence-corrected chi connectivity index (χ2v) is 8.86. The van der Waals surface area contributed by atoms with Gasteiger partial charge in [-0.25, -0.2) is 9.59 Å². The van der Waals surface area contributed by atoms with Crippen molar-refractivity contribution in [3.8, 4) is 11.1 Å². The molecule has 0 unspecified atom stereocenters. The number of nitrogens with one attached hydrogen (secondary N) is 2. The number of amides is 2. The molecular formula is C27H26N2O5. The molecule has 0 aliphatic heterocycles. The lowest BCUT2D eigenvalue weighted by molar-refractivity contribution is -0.121. The van der Waals surface area contributed by atoms with E-state index in [1.165, 1.54) is 12.1 Å². The maximum atomic E-state index is 12.8. The first-order valence-corrected chi connectivity index (χ1v) is 11.0. The van der Waals surface area contributed by atoms with E-state index in [2.05, 4.69) is 22.8 Å². The van der Waals surface area contributed by atoms with Gasteiger partial charge in [0.15, 0.2) is 0 Å². The third kappa shape index (κ3) is 4.50. The number of aryl methyl sites for hydroxylation is 1. The molecule has 3 aromatic carbocycles. The molecule has 0 atom stereocenters. The van der Waals surface area contributed by atoms with Crippen LogP contribution in [0.3, 0.4) is 0 Å². The van der Waals surface area contributed by atoms with Gasteiger partial charge in [0.1, 0.15) is 12.1 Å². The van der Waals surface area contributed by atoms with Gasteiger partial charge in [0.05, 0.1) is 5.56 Å². The minimum absolute atomic E-state index is 0.0780. The molecule has 0 heterocycles. The largest absolute Gasteiger partial charge is 0.478 e. The van der Waals surface area contributed by atoms with E-state index in [1.54, 1.807) is 26.8 Å². The normalized spacial score (nSPS) is 12.4. The summed E-state index contributed by atoms with van der Waals surface area (Å²) in [7, 11) is 0. The zero-order chi connectivity index (χ0) is 24.5. The number of carbonyl (C=O) groups excluding carboxylic acids is 2. The minimum atomic E-state index is -1.26. The van der Waals surface area contributed by atoms with Crippen LogP contribution in [0.5, 0.6) is 0 Å². The Labute approximate surface area is 197 Å². The maximum absolute atomic E-state index is 12.8. The quantitative estimate of drug-likeness (QED) is 0.485. The average molecular weight is 459 g/mol. The third-order valence-electron chi connectivity index (χ3n) is 6.04. The molecule has 0 fully saturated rings. The molecule has 7 heteroatoms. The molecular weight excluding hydrogens is 432 g/mol. The van der Waals surface area contributed by atoms with Crippen LogP contribution in [0.15, 0.2) is 66.7 Å². The van der Waals surface area contributed by atoms with Crippen LogP contribution in [0.4, 0.5) is 10.5 Å². The monoisotopic (exact) mass is 458 g/mol. The Morgan fingerprint density at radius 2 is 1.53 bits per heavy atom. The fourth-order valence-corrected chi connectivity index (χ4v) is 4.22. The van der Waals surface area contributed by atoms with Crippen LogP contribution in [-0.4, -0.2) is 35.2 Å². The maximum Gasteiger partial charge on any atom is 0.408 e. The summed E-state index contributed by atoms with van der Waals surface area (Å²) in [5.74, 6) is -1.57. The number of alkyl carbamates (subject to hydrolysis) is 1. The predicted octanol–water partition coefficient (Wildman–Crippen LogP) is 4.95.